The fourth-order valence-corrected chi connectivity index (χ4v) is 7.53. The summed E-state index contributed by atoms with van der Waals surface area (Å²) in [5.74, 6) is 2.63. The van der Waals surface area contributed by atoms with Crippen molar-refractivity contribution in [2.24, 2.45) is 40.4 Å². The fourth-order valence-electron chi connectivity index (χ4n) is 7.53. The largest absolute Gasteiger partial charge is 0.300 e. The molecule has 0 aromatic carbocycles. The molecule has 0 aromatic rings. The minimum Gasteiger partial charge on any atom is -0.300 e. The van der Waals surface area contributed by atoms with Gasteiger partial charge in [-0.25, -0.2) is 0 Å². The Balaban J connectivity index is 1.69. The first kappa shape index (κ1) is 16.5. The van der Waals surface area contributed by atoms with Crippen LogP contribution in [0.5, 0.6) is 0 Å². The Morgan fingerprint density at radius 1 is 1.04 bits per heavy atom. The summed E-state index contributed by atoms with van der Waals surface area (Å²) in [6, 6.07) is 0. The Bertz CT molecular complexity index is 608. The molecule has 0 saturated heterocycles. The van der Waals surface area contributed by atoms with Crippen LogP contribution in [0.1, 0.15) is 72.1 Å². The van der Waals surface area contributed by atoms with Crippen molar-refractivity contribution < 1.29 is 14.4 Å². The lowest BCUT2D eigenvalue weighted by atomic mass is 9.44. The molecule has 3 nitrogen and oxygen atoms in total. The molecule has 4 rings (SSSR count). The molecule has 132 valence electrons. The van der Waals surface area contributed by atoms with E-state index in [0.717, 1.165) is 32.1 Å². The predicted octanol–water partition coefficient (Wildman–Crippen LogP) is 3.98. The molecule has 0 aromatic heterocycles. The molecule has 4 saturated carbocycles. The van der Waals surface area contributed by atoms with E-state index in [1.807, 2.05) is 0 Å². The summed E-state index contributed by atoms with van der Waals surface area (Å²) >= 11 is 0. The van der Waals surface area contributed by atoms with E-state index in [4.69, 9.17) is 0 Å². The van der Waals surface area contributed by atoms with Crippen LogP contribution in [0.25, 0.3) is 0 Å². The zero-order valence-corrected chi connectivity index (χ0v) is 15.3. The number of carbonyl (C=O) groups is 3. The van der Waals surface area contributed by atoms with Crippen LogP contribution in [0.4, 0.5) is 0 Å². The topological polar surface area (TPSA) is 51.2 Å². The van der Waals surface area contributed by atoms with Crippen LogP contribution in [0.2, 0.25) is 0 Å². The van der Waals surface area contributed by atoms with E-state index in [1.54, 1.807) is 6.92 Å². The van der Waals surface area contributed by atoms with Gasteiger partial charge in [0.15, 0.2) is 0 Å². The smallest absolute Gasteiger partial charge is 0.137 e. The molecule has 0 radical (unpaired) electrons. The molecule has 0 bridgehead atoms. The molecule has 0 aliphatic heterocycles. The first-order valence-corrected chi connectivity index (χ1v) is 9.82. The number of fused-ring (bicyclic) bond motifs is 5. The molecule has 7 atom stereocenters. The van der Waals surface area contributed by atoms with E-state index < -0.39 is 0 Å². The molecular formula is C21H30O3. The van der Waals surface area contributed by atoms with Gasteiger partial charge < -0.3 is 0 Å². The van der Waals surface area contributed by atoms with Crippen LogP contribution < -0.4 is 0 Å². The van der Waals surface area contributed by atoms with Crippen LogP contribution in [0.15, 0.2) is 0 Å². The summed E-state index contributed by atoms with van der Waals surface area (Å²) in [6.07, 6.45) is 7.05. The molecule has 0 spiro atoms. The predicted molar refractivity (Wildman–Crippen MR) is 91.3 cm³/mol. The molecule has 4 aliphatic carbocycles. The van der Waals surface area contributed by atoms with Crippen LogP contribution in [0.3, 0.4) is 0 Å². The maximum absolute atomic E-state index is 13.3. The van der Waals surface area contributed by atoms with E-state index in [9.17, 15) is 14.4 Å². The first-order chi connectivity index (χ1) is 11.3. The van der Waals surface area contributed by atoms with E-state index in [1.165, 1.54) is 0 Å². The van der Waals surface area contributed by atoms with Gasteiger partial charge in [-0.15, -0.1) is 0 Å². The minimum atomic E-state index is -0.113. The minimum absolute atomic E-state index is 0.0174. The SMILES string of the molecule is CC(=O)[C@H]1CC[C@H]2C3CCC4CC(=O)CC[C@]4(C)C3C(=O)C[C@]12C. The Hall–Kier alpha value is -0.990. The zero-order chi connectivity index (χ0) is 17.3. The van der Waals surface area contributed by atoms with Gasteiger partial charge in [-0.1, -0.05) is 13.8 Å². The normalized spacial score (nSPS) is 50.9. The van der Waals surface area contributed by atoms with E-state index in [-0.39, 0.29) is 28.4 Å². The Morgan fingerprint density at radius 2 is 1.79 bits per heavy atom. The van der Waals surface area contributed by atoms with Gasteiger partial charge in [0.05, 0.1) is 0 Å². The Labute approximate surface area is 144 Å². The fraction of sp³-hybridized carbons (Fsp3) is 0.857. The van der Waals surface area contributed by atoms with Crippen molar-refractivity contribution in [3.05, 3.63) is 0 Å². The van der Waals surface area contributed by atoms with Gasteiger partial charge in [0, 0.05) is 31.1 Å². The summed E-state index contributed by atoms with van der Waals surface area (Å²) < 4.78 is 0. The molecule has 3 heteroatoms. The molecule has 4 aliphatic rings. The molecule has 0 amide bonds. The summed E-state index contributed by atoms with van der Waals surface area (Å²) in [7, 11) is 0. The van der Waals surface area contributed by atoms with Crippen molar-refractivity contribution >= 4 is 17.3 Å². The van der Waals surface area contributed by atoms with Gasteiger partial charge in [0.1, 0.15) is 17.3 Å². The summed E-state index contributed by atoms with van der Waals surface area (Å²) in [5.41, 5.74) is -0.0959. The summed E-state index contributed by atoms with van der Waals surface area (Å²) in [6.45, 7) is 6.21. The lowest BCUT2D eigenvalue weighted by molar-refractivity contribution is -0.161. The van der Waals surface area contributed by atoms with Gasteiger partial charge in [-0.3, -0.25) is 14.4 Å². The van der Waals surface area contributed by atoms with Crippen molar-refractivity contribution in [1.29, 1.82) is 0 Å². The Morgan fingerprint density at radius 3 is 2.50 bits per heavy atom. The van der Waals surface area contributed by atoms with Gasteiger partial charge >= 0.3 is 0 Å². The zero-order valence-electron chi connectivity index (χ0n) is 15.3. The lowest BCUT2D eigenvalue weighted by Gasteiger charge is -2.59. The lowest BCUT2D eigenvalue weighted by Crippen LogP contribution is -2.57. The van der Waals surface area contributed by atoms with E-state index in [2.05, 4.69) is 13.8 Å². The second-order valence-electron chi connectivity index (χ2n) is 9.66. The summed E-state index contributed by atoms with van der Waals surface area (Å²) in [5, 5.41) is 0. The average molecular weight is 330 g/mol. The van der Waals surface area contributed by atoms with E-state index >= 15 is 0 Å². The number of Topliss-reactive ketones (excluding diaryl/α,β-unsaturated/α-hetero) is 3. The molecule has 3 unspecified atom stereocenters. The van der Waals surface area contributed by atoms with Gasteiger partial charge in [0.2, 0.25) is 0 Å². The summed E-state index contributed by atoms with van der Waals surface area (Å²) in [4.78, 5) is 37.4. The maximum atomic E-state index is 13.3. The number of carbonyl (C=O) groups excluding carboxylic acids is 3. The first-order valence-electron chi connectivity index (χ1n) is 9.82. The van der Waals surface area contributed by atoms with Crippen LogP contribution in [-0.4, -0.2) is 17.3 Å². The van der Waals surface area contributed by atoms with Gasteiger partial charge in [0.25, 0.3) is 0 Å². The number of rotatable bonds is 1. The maximum Gasteiger partial charge on any atom is 0.137 e. The third-order valence-corrected chi connectivity index (χ3v) is 8.66. The monoisotopic (exact) mass is 330 g/mol. The van der Waals surface area contributed by atoms with Crippen molar-refractivity contribution in [3.8, 4) is 0 Å². The van der Waals surface area contributed by atoms with Gasteiger partial charge in [-0.05, 0) is 67.6 Å². The van der Waals surface area contributed by atoms with Crippen LogP contribution >= 0.6 is 0 Å². The van der Waals surface area contributed by atoms with E-state index in [0.29, 0.717) is 48.6 Å². The second-order valence-corrected chi connectivity index (χ2v) is 9.66. The van der Waals surface area contributed by atoms with Crippen molar-refractivity contribution in [1.82, 2.24) is 0 Å². The Kier molecular flexibility index (Phi) is 3.61. The highest BCUT2D eigenvalue weighted by Gasteiger charge is 2.63. The number of hydrogen-bond donors (Lipinski definition) is 0. The van der Waals surface area contributed by atoms with Crippen LogP contribution in [-0.2, 0) is 14.4 Å². The molecule has 4 fully saturated rings. The van der Waals surface area contributed by atoms with Gasteiger partial charge in [-0.2, -0.15) is 0 Å². The molecule has 24 heavy (non-hydrogen) atoms. The highest BCUT2D eigenvalue weighted by molar-refractivity contribution is 5.87. The van der Waals surface area contributed by atoms with Crippen molar-refractivity contribution in [2.45, 2.75) is 72.1 Å². The second kappa shape index (κ2) is 5.25. The highest BCUT2D eigenvalue weighted by Crippen LogP contribution is 2.66. The number of ketones is 3. The third-order valence-electron chi connectivity index (χ3n) is 8.66. The average Bonchev–Trinajstić information content (AvgIpc) is 2.84. The molecule has 0 heterocycles. The van der Waals surface area contributed by atoms with Crippen LogP contribution in [0, 0.1) is 40.4 Å². The standard InChI is InChI=1S/C21H30O3/c1-12(22)16-6-7-17-15-5-4-13-10-14(23)8-9-20(13,2)19(15)18(24)11-21(16,17)3/h13,15-17,19H,4-11H2,1-3H3/t13?,15?,16-,17+,19?,20+,21-/m1/s1. The molecular weight excluding hydrogens is 300 g/mol. The number of hydrogen-bond acceptors (Lipinski definition) is 3. The van der Waals surface area contributed by atoms with Crippen molar-refractivity contribution in [3.63, 3.8) is 0 Å². The highest BCUT2D eigenvalue weighted by atomic mass is 16.1. The quantitative estimate of drug-likeness (QED) is 0.730. The third kappa shape index (κ3) is 2.05. The van der Waals surface area contributed by atoms with Crippen molar-refractivity contribution in [2.75, 3.05) is 0 Å². The molecule has 0 N–H and O–H groups in total.